The van der Waals surface area contributed by atoms with Crippen LogP contribution < -0.4 is 0 Å². The molecule has 0 aliphatic carbocycles. The van der Waals surface area contributed by atoms with E-state index < -0.39 is 17.7 Å². The van der Waals surface area contributed by atoms with E-state index >= 15 is 0 Å². The van der Waals surface area contributed by atoms with Crippen molar-refractivity contribution in [2.24, 2.45) is 0 Å². The lowest BCUT2D eigenvalue weighted by Crippen LogP contribution is -2.15. The van der Waals surface area contributed by atoms with Crippen molar-refractivity contribution < 1.29 is 13.9 Å². The van der Waals surface area contributed by atoms with Crippen molar-refractivity contribution in [2.45, 2.75) is 18.9 Å². The zero-order valence-corrected chi connectivity index (χ0v) is 11.9. The molecule has 106 valence electrons. The van der Waals surface area contributed by atoms with Crippen LogP contribution in [0.2, 0.25) is 10.0 Å². The molecule has 1 N–H and O–H groups in total. The fourth-order valence-electron chi connectivity index (χ4n) is 2.00. The van der Waals surface area contributed by atoms with Gasteiger partial charge in [0.2, 0.25) is 0 Å². The highest BCUT2D eigenvalue weighted by Gasteiger charge is 2.15. The third-order valence-corrected chi connectivity index (χ3v) is 3.70. The number of hydrogen-bond donors (Lipinski definition) is 1. The van der Waals surface area contributed by atoms with E-state index in [2.05, 4.69) is 0 Å². The lowest BCUT2D eigenvalue weighted by molar-refractivity contribution is 0.174. The smallest absolute Gasteiger partial charge is 0.162 e. The maximum atomic E-state index is 13.5. The molecular weight excluding hydrogens is 305 g/mol. The normalized spacial score (nSPS) is 12.4. The highest BCUT2D eigenvalue weighted by atomic mass is 35.5. The fraction of sp³-hybridized carbons (Fsp3) is 0.200. The molecule has 0 saturated heterocycles. The molecule has 5 heteroatoms. The lowest BCUT2D eigenvalue weighted by Gasteiger charge is -2.13. The summed E-state index contributed by atoms with van der Waals surface area (Å²) < 4.78 is 26.6. The Kier molecular flexibility index (Phi) is 4.97. The molecule has 0 radical (unpaired) electrons. The molecule has 0 saturated carbocycles. The van der Waals surface area contributed by atoms with Gasteiger partial charge in [-0.15, -0.1) is 0 Å². The van der Waals surface area contributed by atoms with Gasteiger partial charge in [0.25, 0.3) is 0 Å². The minimum Gasteiger partial charge on any atom is -0.392 e. The summed E-state index contributed by atoms with van der Waals surface area (Å²) in [5.41, 5.74) is 0.723. The summed E-state index contributed by atoms with van der Waals surface area (Å²) in [6, 6.07) is 8.91. The summed E-state index contributed by atoms with van der Waals surface area (Å²) in [5.74, 6) is -1.86. The molecule has 0 aliphatic heterocycles. The first-order valence-corrected chi connectivity index (χ1v) is 6.78. The SMILES string of the molecule is OC(Cc1cccc(F)c1F)Cc1c(Cl)cccc1Cl. The Hall–Kier alpha value is -1.16. The van der Waals surface area contributed by atoms with E-state index in [1.54, 1.807) is 18.2 Å². The van der Waals surface area contributed by atoms with Gasteiger partial charge in [-0.05, 0) is 29.3 Å². The molecule has 0 fully saturated rings. The van der Waals surface area contributed by atoms with Crippen LogP contribution in [0.4, 0.5) is 8.78 Å². The third kappa shape index (κ3) is 3.48. The van der Waals surface area contributed by atoms with Crippen molar-refractivity contribution >= 4 is 23.2 Å². The first-order valence-electron chi connectivity index (χ1n) is 6.03. The zero-order valence-electron chi connectivity index (χ0n) is 10.4. The van der Waals surface area contributed by atoms with Crippen LogP contribution in [0.15, 0.2) is 36.4 Å². The number of rotatable bonds is 4. The summed E-state index contributed by atoms with van der Waals surface area (Å²) in [6.07, 6.45) is -0.733. The quantitative estimate of drug-likeness (QED) is 0.885. The van der Waals surface area contributed by atoms with Crippen LogP contribution in [0.1, 0.15) is 11.1 Å². The third-order valence-electron chi connectivity index (χ3n) is 2.99. The van der Waals surface area contributed by atoms with Gasteiger partial charge in [-0.25, -0.2) is 8.78 Å². The predicted molar refractivity (Wildman–Crippen MR) is 76.2 cm³/mol. The van der Waals surface area contributed by atoms with E-state index in [-0.39, 0.29) is 18.4 Å². The lowest BCUT2D eigenvalue weighted by atomic mass is 10.0. The largest absolute Gasteiger partial charge is 0.392 e. The second-order valence-corrected chi connectivity index (χ2v) is 5.29. The van der Waals surface area contributed by atoms with Crippen molar-refractivity contribution in [2.75, 3.05) is 0 Å². The monoisotopic (exact) mass is 316 g/mol. The minimum atomic E-state index is -0.934. The summed E-state index contributed by atoms with van der Waals surface area (Å²) in [4.78, 5) is 0. The van der Waals surface area contributed by atoms with E-state index in [0.717, 1.165) is 6.07 Å². The Labute approximate surface area is 125 Å². The molecule has 2 aromatic carbocycles. The molecule has 0 aliphatic rings. The van der Waals surface area contributed by atoms with Gasteiger partial charge in [0.05, 0.1) is 6.10 Å². The van der Waals surface area contributed by atoms with Gasteiger partial charge in [0, 0.05) is 22.9 Å². The highest BCUT2D eigenvalue weighted by molar-refractivity contribution is 6.35. The highest BCUT2D eigenvalue weighted by Crippen LogP contribution is 2.26. The van der Waals surface area contributed by atoms with Crippen LogP contribution in [0.5, 0.6) is 0 Å². The molecule has 0 aromatic heterocycles. The Bertz CT molecular complexity index is 597. The summed E-state index contributed by atoms with van der Waals surface area (Å²) in [5, 5.41) is 10.9. The average molecular weight is 317 g/mol. The predicted octanol–water partition coefficient (Wildman–Crippen LogP) is 4.42. The van der Waals surface area contributed by atoms with Crippen molar-refractivity contribution in [3.8, 4) is 0 Å². The number of hydrogen-bond acceptors (Lipinski definition) is 1. The van der Waals surface area contributed by atoms with Crippen LogP contribution in [0.3, 0.4) is 0 Å². The van der Waals surface area contributed by atoms with Crippen LogP contribution >= 0.6 is 23.2 Å². The average Bonchev–Trinajstić information content (AvgIpc) is 2.39. The van der Waals surface area contributed by atoms with E-state index in [4.69, 9.17) is 23.2 Å². The standard InChI is InChI=1S/C15H12Cl2F2O/c16-12-4-2-5-13(17)11(12)8-10(20)7-9-3-1-6-14(18)15(9)19/h1-6,10,20H,7-8H2. The van der Waals surface area contributed by atoms with Gasteiger partial charge in [0.15, 0.2) is 11.6 Å². The number of benzene rings is 2. The van der Waals surface area contributed by atoms with Crippen molar-refractivity contribution in [3.63, 3.8) is 0 Å². The minimum absolute atomic E-state index is 0.00878. The Balaban J connectivity index is 2.13. The Morgan fingerprint density at radius 3 is 2.20 bits per heavy atom. The molecule has 20 heavy (non-hydrogen) atoms. The molecule has 1 atom stereocenters. The van der Waals surface area contributed by atoms with Gasteiger partial charge < -0.3 is 5.11 Å². The van der Waals surface area contributed by atoms with Gasteiger partial charge in [-0.1, -0.05) is 41.4 Å². The Morgan fingerprint density at radius 2 is 1.55 bits per heavy atom. The van der Waals surface area contributed by atoms with Crippen LogP contribution in [0, 0.1) is 11.6 Å². The molecule has 2 aromatic rings. The van der Waals surface area contributed by atoms with Gasteiger partial charge in [0.1, 0.15) is 0 Å². The van der Waals surface area contributed by atoms with Gasteiger partial charge >= 0.3 is 0 Å². The molecule has 2 rings (SSSR count). The first kappa shape index (κ1) is 15.2. The van der Waals surface area contributed by atoms with Crippen LogP contribution in [-0.2, 0) is 12.8 Å². The van der Waals surface area contributed by atoms with Crippen molar-refractivity contribution in [1.82, 2.24) is 0 Å². The summed E-state index contributed by atoms with van der Waals surface area (Å²) in [7, 11) is 0. The number of aliphatic hydroxyl groups is 1. The Morgan fingerprint density at radius 1 is 0.950 bits per heavy atom. The zero-order chi connectivity index (χ0) is 14.7. The van der Waals surface area contributed by atoms with E-state index in [1.165, 1.54) is 12.1 Å². The number of aliphatic hydroxyl groups excluding tert-OH is 1. The fourth-order valence-corrected chi connectivity index (χ4v) is 2.55. The van der Waals surface area contributed by atoms with Gasteiger partial charge in [-0.3, -0.25) is 0 Å². The van der Waals surface area contributed by atoms with Crippen molar-refractivity contribution in [3.05, 3.63) is 69.2 Å². The second kappa shape index (κ2) is 6.53. The summed E-state index contributed by atoms with van der Waals surface area (Å²) >= 11 is 12.0. The van der Waals surface area contributed by atoms with E-state index in [9.17, 15) is 13.9 Å². The van der Waals surface area contributed by atoms with Crippen LogP contribution in [0.25, 0.3) is 0 Å². The molecule has 0 spiro atoms. The first-order chi connectivity index (χ1) is 9.49. The van der Waals surface area contributed by atoms with Gasteiger partial charge in [-0.2, -0.15) is 0 Å². The van der Waals surface area contributed by atoms with E-state index in [0.29, 0.717) is 15.6 Å². The molecule has 1 nitrogen and oxygen atoms in total. The van der Waals surface area contributed by atoms with Crippen molar-refractivity contribution in [1.29, 1.82) is 0 Å². The molecule has 0 bridgehead atoms. The summed E-state index contributed by atoms with van der Waals surface area (Å²) in [6.45, 7) is 0. The van der Waals surface area contributed by atoms with E-state index in [1.807, 2.05) is 0 Å². The maximum Gasteiger partial charge on any atom is 0.162 e. The molecular formula is C15H12Cl2F2O. The van der Waals surface area contributed by atoms with Crippen LogP contribution in [-0.4, -0.2) is 11.2 Å². The molecule has 0 heterocycles. The molecule has 1 unspecified atom stereocenters. The molecule has 0 amide bonds. The number of halogens is 4. The topological polar surface area (TPSA) is 20.2 Å². The maximum absolute atomic E-state index is 13.5. The second-order valence-electron chi connectivity index (χ2n) is 4.48.